The van der Waals surface area contributed by atoms with Gasteiger partial charge in [0.15, 0.2) is 0 Å². The van der Waals surface area contributed by atoms with E-state index in [-0.39, 0.29) is 0 Å². The third-order valence-corrected chi connectivity index (χ3v) is 4.83. The molecule has 2 N–H and O–H groups in total. The second-order valence-electron chi connectivity index (χ2n) is 6.30. The van der Waals surface area contributed by atoms with Crippen molar-refractivity contribution in [3.05, 3.63) is 41.1 Å². The zero-order chi connectivity index (χ0) is 18.6. The maximum atomic E-state index is 9.69. The lowest BCUT2D eigenvalue weighted by Crippen LogP contribution is -2.06. The molecule has 0 aliphatic heterocycles. The van der Waals surface area contributed by atoms with E-state index in [1.807, 2.05) is 43.7 Å². The van der Waals surface area contributed by atoms with Crippen LogP contribution in [0, 0.1) is 25.2 Å². The molecule has 7 nitrogen and oxygen atoms in total. The van der Waals surface area contributed by atoms with E-state index < -0.39 is 0 Å². The van der Waals surface area contributed by atoms with Gasteiger partial charge in [-0.05, 0) is 31.5 Å². The Balaban J connectivity index is 2.19. The molecule has 3 aromatic heterocycles. The number of hydrogen-bond acceptors (Lipinski definition) is 5. The fraction of sp³-hybridized carbons (Fsp3) is 0.211. The number of nitrogens with two attached hydrogens (primary N) is 1. The molecule has 1 aromatic carbocycles. The van der Waals surface area contributed by atoms with Gasteiger partial charge in [0.25, 0.3) is 0 Å². The Bertz CT molecular complexity index is 1220. The van der Waals surface area contributed by atoms with E-state index in [2.05, 4.69) is 11.2 Å². The average molecular weight is 346 g/mol. The van der Waals surface area contributed by atoms with Crippen molar-refractivity contribution in [3.8, 4) is 17.5 Å². The summed E-state index contributed by atoms with van der Waals surface area (Å²) in [6.45, 7) is 3.97. The molecule has 0 saturated heterocycles. The third-order valence-electron chi connectivity index (χ3n) is 4.83. The molecule has 0 aliphatic carbocycles. The minimum Gasteiger partial charge on any atom is -0.496 e. The van der Waals surface area contributed by atoms with E-state index in [4.69, 9.17) is 15.5 Å². The maximum absolute atomic E-state index is 9.69. The second kappa shape index (κ2) is 5.49. The van der Waals surface area contributed by atoms with Gasteiger partial charge in [0, 0.05) is 18.0 Å². The van der Waals surface area contributed by atoms with Crippen molar-refractivity contribution in [1.29, 1.82) is 5.26 Å². The summed E-state index contributed by atoms with van der Waals surface area (Å²) in [6.07, 6.45) is 1.71. The number of pyridine rings is 1. The van der Waals surface area contributed by atoms with Gasteiger partial charge in [-0.25, -0.2) is 4.98 Å². The van der Waals surface area contributed by atoms with Gasteiger partial charge in [-0.2, -0.15) is 10.4 Å². The Morgan fingerprint density at radius 3 is 2.73 bits per heavy atom. The van der Waals surface area contributed by atoms with Crippen LogP contribution >= 0.6 is 0 Å². The van der Waals surface area contributed by atoms with Crippen molar-refractivity contribution >= 4 is 27.9 Å². The molecule has 0 unspecified atom stereocenters. The van der Waals surface area contributed by atoms with Crippen LogP contribution in [0.4, 0.5) is 5.82 Å². The number of methoxy groups -OCH3 is 1. The van der Waals surface area contributed by atoms with Crippen LogP contribution in [0.2, 0.25) is 0 Å². The summed E-state index contributed by atoms with van der Waals surface area (Å²) in [7, 11) is 3.48. The Labute approximate surface area is 150 Å². The molecule has 7 heteroatoms. The second-order valence-corrected chi connectivity index (χ2v) is 6.30. The molecular weight excluding hydrogens is 328 g/mol. The van der Waals surface area contributed by atoms with Gasteiger partial charge < -0.3 is 10.5 Å². The molecule has 0 radical (unpaired) electrons. The highest BCUT2D eigenvalue weighted by atomic mass is 16.5. The summed E-state index contributed by atoms with van der Waals surface area (Å²) in [5.74, 6) is 1.13. The number of anilines is 1. The minimum absolute atomic E-state index is 0.373. The molecule has 0 saturated carbocycles. The topological polar surface area (TPSA) is 94.7 Å². The number of nitrogen functional groups attached to an aromatic ring is 1. The lowest BCUT2D eigenvalue weighted by Gasteiger charge is -2.16. The molecular formula is C19H18N6O. The quantitative estimate of drug-likeness (QED) is 0.602. The summed E-state index contributed by atoms with van der Waals surface area (Å²) < 4.78 is 9.04. The van der Waals surface area contributed by atoms with Crippen molar-refractivity contribution in [2.45, 2.75) is 13.8 Å². The number of fused-ring (bicyclic) bond motifs is 2. The normalized spacial score (nSPS) is 11.2. The minimum atomic E-state index is 0.373. The molecule has 0 atom stereocenters. The van der Waals surface area contributed by atoms with Crippen LogP contribution in [0.3, 0.4) is 0 Å². The van der Waals surface area contributed by atoms with Crippen LogP contribution in [0.15, 0.2) is 24.4 Å². The smallest absolute Gasteiger partial charge is 0.148 e. The summed E-state index contributed by atoms with van der Waals surface area (Å²) >= 11 is 0. The highest BCUT2D eigenvalue weighted by Gasteiger charge is 2.22. The summed E-state index contributed by atoms with van der Waals surface area (Å²) in [5, 5.41) is 14.7. The molecule has 130 valence electrons. The zero-order valence-corrected chi connectivity index (χ0v) is 15.0. The van der Waals surface area contributed by atoms with E-state index in [9.17, 15) is 5.26 Å². The van der Waals surface area contributed by atoms with Gasteiger partial charge in [0.2, 0.25) is 0 Å². The number of aromatic nitrogens is 4. The van der Waals surface area contributed by atoms with Crippen LogP contribution in [0.5, 0.6) is 5.75 Å². The van der Waals surface area contributed by atoms with Crippen LogP contribution < -0.4 is 10.5 Å². The molecule has 4 aromatic rings. The van der Waals surface area contributed by atoms with E-state index in [1.54, 1.807) is 18.0 Å². The Morgan fingerprint density at radius 2 is 2.04 bits per heavy atom. The molecule has 0 amide bonds. The van der Waals surface area contributed by atoms with E-state index in [0.29, 0.717) is 22.4 Å². The first-order valence-electron chi connectivity index (χ1n) is 8.15. The highest BCUT2D eigenvalue weighted by Crippen LogP contribution is 2.36. The first-order valence-corrected chi connectivity index (χ1v) is 8.15. The van der Waals surface area contributed by atoms with Crippen molar-refractivity contribution < 1.29 is 4.74 Å². The molecule has 3 heterocycles. The van der Waals surface area contributed by atoms with Gasteiger partial charge >= 0.3 is 0 Å². The van der Waals surface area contributed by atoms with Crippen molar-refractivity contribution in [3.63, 3.8) is 0 Å². The average Bonchev–Trinajstić information content (AvgIpc) is 3.11. The first kappa shape index (κ1) is 16.0. The monoisotopic (exact) mass is 346 g/mol. The molecule has 0 bridgehead atoms. The van der Waals surface area contributed by atoms with Gasteiger partial charge in [0.05, 0.1) is 24.5 Å². The van der Waals surface area contributed by atoms with Gasteiger partial charge in [-0.15, -0.1) is 0 Å². The van der Waals surface area contributed by atoms with Crippen molar-refractivity contribution in [1.82, 2.24) is 19.3 Å². The Morgan fingerprint density at radius 1 is 1.27 bits per heavy atom. The zero-order valence-electron chi connectivity index (χ0n) is 15.0. The summed E-state index contributed by atoms with van der Waals surface area (Å²) in [5.41, 5.74) is 11.9. The van der Waals surface area contributed by atoms with Crippen LogP contribution in [-0.2, 0) is 7.05 Å². The highest BCUT2D eigenvalue weighted by molar-refractivity contribution is 5.98. The summed E-state index contributed by atoms with van der Waals surface area (Å²) in [6, 6.07) is 8.04. The SMILES string of the molecule is COc1ccc(C)c(-n2c(N)c(C#N)c3cc4c(cnn4C)nc32)c1C. The lowest BCUT2D eigenvalue weighted by molar-refractivity contribution is 0.411. The van der Waals surface area contributed by atoms with E-state index in [1.165, 1.54) is 0 Å². The number of benzene rings is 1. The van der Waals surface area contributed by atoms with Gasteiger partial charge in [-0.3, -0.25) is 9.25 Å². The predicted molar refractivity (Wildman–Crippen MR) is 100 cm³/mol. The van der Waals surface area contributed by atoms with E-state index in [0.717, 1.165) is 33.6 Å². The number of aryl methyl sites for hydroxylation is 2. The molecule has 0 fully saturated rings. The van der Waals surface area contributed by atoms with Crippen LogP contribution in [0.25, 0.3) is 27.8 Å². The number of nitrogens with zero attached hydrogens (tertiary/aromatic N) is 5. The molecule has 0 aliphatic rings. The van der Waals surface area contributed by atoms with Crippen LogP contribution in [0.1, 0.15) is 16.7 Å². The summed E-state index contributed by atoms with van der Waals surface area (Å²) in [4.78, 5) is 4.75. The Hall–Kier alpha value is -3.53. The predicted octanol–water partition coefficient (Wildman–Crippen LogP) is 2.99. The van der Waals surface area contributed by atoms with Crippen LogP contribution in [-0.4, -0.2) is 26.4 Å². The fourth-order valence-electron chi connectivity index (χ4n) is 3.51. The van der Waals surface area contributed by atoms with E-state index >= 15 is 0 Å². The number of ether oxygens (including phenoxy) is 1. The number of rotatable bonds is 2. The Kier molecular flexibility index (Phi) is 3.37. The van der Waals surface area contributed by atoms with Gasteiger partial charge in [-0.1, -0.05) is 6.07 Å². The molecule has 0 spiro atoms. The van der Waals surface area contributed by atoms with Crippen molar-refractivity contribution in [2.75, 3.05) is 12.8 Å². The van der Waals surface area contributed by atoms with Gasteiger partial charge in [0.1, 0.15) is 34.4 Å². The molecule has 4 rings (SSSR count). The first-order chi connectivity index (χ1) is 12.5. The molecule has 26 heavy (non-hydrogen) atoms. The largest absolute Gasteiger partial charge is 0.496 e. The third kappa shape index (κ3) is 1.99. The number of nitriles is 1. The lowest BCUT2D eigenvalue weighted by atomic mass is 10.1. The van der Waals surface area contributed by atoms with Crippen molar-refractivity contribution in [2.24, 2.45) is 7.05 Å². The fourth-order valence-corrected chi connectivity index (χ4v) is 3.51. The standard InChI is InChI=1S/C19H18N6O/c1-10-5-6-16(26-4)11(2)17(10)25-18(21)13(8-20)12-7-15-14(23-19(12)25)9-22-24(15)3/h5-7,9H,21H2,1-4H3. The maximum Gasteiger partial charge on any atom is 0.148 e. The number of hydrogen-bond donors (Lipinski definition) is 1.